The third-order valence-electron chi connectivity index (χ3n) is 4.22. The molecule has 0 bridgehead atoms. The highest BCUT2D eigenvalue weighted by Crippen LogP contribution is 2.24. The van der Waals surface area contributed by atoms with Crippen LogP contribution in [0.25, 0.3) is 5.70 Å². The summed E-state index contributed by atoms with van der Waals surface area (Å²) in [5.41, 5.74) is 4.26. The van der Waals surface area contributed by atoms with Crippen LogP contribution in [-0.2, 0) is 9.59 Å². The van der Waals surface area contributed by atoms with Gasteiger partial charge in [-0.3, -0.25) is 25.1 Å². The molecule has 1 atom stereocenters. The summed E-state index contributed by atoms with van der Waals surface area (Å²) >= 11 is 1.11. The van der Waals surface area contributed by atoms with E-state index >= 15 is 0 Å². The normalized spacial score (nSPS) is 16.5. The summed E-state index contributed by atoms with van der Waals surface area (Å²) in [4.78, 5) is 34.7. The number of rotatable bonds is 8. The Bertz CT molecular complexity index is 1050. The van der Waals surface area contributed by atoms with E-state index in [1.54, 1.807) is 19.2 Å². The molecule has 1 saturated heterocycles. The number of nitrogens with one attached hydrogen (secondary N) is 3. The first-order valence-corrected chi connectivity index (χ1v) is 9.92. The average molecular weight is 441 g/mol. The third-order valence-corrected chi connectivity index (χ3v) is 5.30. The highest BCUT2D eigenvalue weighted by molar-refractivity contribution is 8.15. The lowest BCUT2D eigenvalue weighted by Crippen LogP contribution is -2.28. The van der Waals surface area contributed by atoms with Gasteiger partial charge in [0.15, 0.2) is 5.17 Å². The summed E-state index contributed by atoms with van der Waals surface area (Å²) in [6.07, 6.45) is -0.113. The van der Waals surface area contributed by atoms with Crippen molar-refractivity contribution in [1.29, 1.82) is 0 Å². The summed E-state index contributed by atoms with van der Waals surface area (Å²) in [5, 5.41) is 19.8. The van der Waals surface area contributed by atoms with E-state index in [-0.39, 0.29) is 23.7 Å². The monoisotopic (exact) mass is 441 g/mol. The maximum Gasteiger partial charge on any atom is 0.271 e. The van der Waals surface area contributed by atoms with E-state index in [0.29, 0.717) is 16.6 Å². The largest absolute Gasteiger partial charge is 0.497 e. The van der Waals surface area contributed by atoms with E-state index in [0.717, 1.165) is 17.3 Å². The van der Waals surface area contributed by atoms with E-state index in [4.69, 9.17) is 4.74 Å². The number of methoxy groups -OCH3 is 1. The molecule has 2 aromatic rings. The minimum absolute atomic E-state index is 0.113. The van der Waals surface area contributed by atoms with Gasteiger partial charge in [0.05, 0.1) is 17.7 Å². The Morgan fingerprint density at radius 3 is 2.74 bits per heavy atom. The van der Waals surface area contributed by atoms with Crippen LogP contribution in [-0.4, -0.2) is 34.3 Å². The van der Waals surface area contributed by atoms with Crippen molar-refractivity contribution in [1.82, 2.24) is 10.7 Å². The number of hydrogen-bond acceptors (Lipinski definition) is 8. The second-order valence-electron chi connectivity index (χ2n) is 6.39. The Morgan fingerprint density at radius 2 is 2.06 bits per heavy atom. The van der Waals surface area contributed by atoms with Crippen molar-refractivity contribution in [2.45, 2.75) is 11.7 Å². The van der Waals surface area contributed by atoms with Crippen molar-refractivity contribution in [2.24, 2.45) is 5.10 Å². The molecule has 0 aromatic heterocycles. The molecular formula is C20H19N5O5S. The molecule has 0 unspecified atom stereocenters. The average Bonchev–Trinajstić information content (AvgIpc) is 3.11. The minimum Gasteiger partial charge on any atom is -0.497 e. The number of carbonyl (C=O) groups is 2. The molecule has 2 aromatic carbocycles. The highest BCUT2D eigenvalue weighted by atomic mass is 32.2. The smallest absolute Gasteiger partial charge is 0.271 e. The molecule has 1 fully saturated rings. The number of nitro benzene ring substituents is 1. The van der Waals surface area contributed by atoms with Crippen molar-refractivity contribution >= 4 is 45.8 Å². The molecule has 0 radical (unpaired) electrons. The minimum atomic E-state index is -0.673. The summed E-state index contributed by atoms with van der Waals surface area (Å²) in [6, 6.07) is 12.8. The van der Waals surface area contributed by atoms with Crippen LogP contribution < -0.4 is 20.8 Å². The third kappa shape index (κ3) is 5.82. The molecule has 3 N–H and O–H groups in total. The number of ether oxygens (including phenoxy) is 1. The first-order valence-electron chi connectivity index (χ1n) is 9.04. The van der Waals surface area contributed by atoms with Gasteiger partial charge >= 0.3 is 0 Å². The fourth-order valence-electron chi connectivity index (χ4n) is 2.64. The van der Waals surface area contributed by atoms with Crippen LogP contribution in [0.2, 0.25) is 0 Å². The topological polar surface area (TPSA) is 135 Å². The number of benzene rings is 2. The SMILES string of the molecule is C=C(N/N=C1\NC(=O)[C@H](CC(=O)Nc2cccc([N+](=O)[O-])c2)S1)c1ccc(OC)cc1. The molecule has 0 aliphatic carbocycles. The predicted molar refractivity (Wildman–Crippen MR) is 118 cm³/mol. The van der Waals surface area contributed by atoms with Crippen LogP contribution in [0.3, 0.4) is 0 Å². The fourth-order valence-corrected chi connectivity index (χ4v) is 3.57. The molecule has 11 heteroatoms. The van der Waals surface area contributed by atoms with E-state index in [2.05, 4.69) is 27.7 Å². The van der Waals surface area contributed by atoms with Crippen molar-refractivity contribution < 1.29 is 19.2 Å². The lowest BCUT2D eigenvalue weighted by atomic mass is 10.2. The van der Waals surface area contributed by atoms with Gasteiger partial charge < -0.3 is 15.4 Å². The number of non-ortho nitro benzene ring substituents is 1. The molecule has 1 aliphatic rings. The molecule has 160 valence electrons. The fraction of sp³-hybridized carbons (Fsp3) is 0.150. The molecule has 1 heterocycles. The lowest BCUT2D eigenvalue weighted by molar-refractivity contribution is -0.384. The van der Waals surface area contributed by atoms with Crippen LogP contribution in [0.1, 0.15) is 12.0 Å². The van der Waals surface area contributed by atoms with Gasteiger partial charge in [-0.15, -0.1) is 5.10 Å². The zero-order valence-electron chi connectivity index (χ0n) is 16.5. The van der Waals surface area contributed by atoms with Gasteiger partial charge in [-0.1, -0.05) is 24.4 Å². The van der Waals surface area contributed by atoms with Crippen molar-refractivity contribution in [2.75, 3.05) is 12.4 Å². The number of amides is 2. The first kappa shape index (κ1) is 21.8. The number of hydrazone groups is 1. The Labute approximate surface area is 181 Å². The molecule has 2 amide bonds. The molecule has 1 aliphatic heterocycles. The van der Waals surface area contributed by atoms with Gasteiger partial charge in [0, 0.05) is 24.2 Å². The number of hydrogen-bond donors (Lipinski definition) is 3. The van der Waals surface area contributed by atoms with Gasteiger partial charge in [-0.2, -0.15) is 0 Å². The zero-order valence-corrected chi connectivity index (χ0v) is 17.3. The van der Waals surface area contributed by atoms with E-state index in [1.165, 1.54) is 24.3 Å². The Morgan fingerprint density at radius 1 is 1.32 bits per heavy atom. The molecule has 0 saturated carbocycles. The second kappa shape index (κ2) is 9.76. The standard InChI is InChI=1S/C20H19N5O5S/c1-12(13-6-8-16(30-2)9-7-13)23-24-20-22-19(27)17(31-20)11-18(26)21-14-4-3-5-15(10-14)25(28)29/h3-10,17,23H,1,11H2,2H3,(H,21,26)(H,22,24,27)/t17-/m0/s1. The summed E-state index contributed by atoms with van der Waals surface area (Å²) < 4.78 is 5.11. The van der Waals surface area contributed by atoms with Crippen LogP contribution in [0.15, 0.2) is 60.2 Å². The van der Waals surface area contributed by atoms with Crippen LogP contribution in [0.4, 0.5) is 11.4 Å². The highest BCUT2D eigenvalue weighted by Gasteiger charge is 2.32. The van der Waals surface area contributed by atoms with Crippen molar-refractivity contribution in [3.63, 3.8) is 0 Å². The maximum atomic E-state index is 12.3. The first-order chi connectivity index (χ1) is 14.9. The van der Waals surface area contributed by atoms with Crippen molar-refractivity contribution in [3.8, 4) is 5.75 Å². The second-order valence-corrected chi connectivity index (χ2v) is 7.58. The maximum absolute atomic E-state index is 12.3. The Balaban J connectivity index is 1.54. The number of nitro groups is 1. The number of thioether (sulfide) groups is 1. The molecular weight excluding hydrogens is 422 g/mol. The van der Waals surface area contributed by atoms with Crippen LogP contribution in [0, 0.1) is 10.1 Å². The Kier molecular flexibility index (Phi) is 6.88. The van der Waals surface area contributed by atoms with Gasteiger partial charge in [-0.25, -0.2) is 0 Å². The van der Waals surface area contributed by atoms with Crippen LogP contribution in [0.5, 0.6) is 5.75 Å². The van der Waals surface area contributed by atoms with Crippen LogP contribution >= 0.6 is 11.8 Å². The van der Waals surface area contributed by atoms with Gasteiger partial charge in [0.25, 0.3) is 5.69 Å². The summed E-state index contributed by atoms with van der Waals surface area (Å²) in [5.74, 6) is -0.0764. The van der Waals surface area contributed by atoms with Gasteiger partial charge in [0.2, 0.25) is 11.8 Å². The lowest BCUT2D eigenvalue weighted by Gasteiger charge is -2.07. The van der Waals surface area contributed by atoms with E-state index < -0.39 is 16.1 Å². The molecule has 3 rings (SSSR count). The number of nitrogens with zero attached hydrogens (tertiary/aromatic N) is 2. The molecule has 0 spiro atoms. The van der Waals surface area contributed by atoms with E-state index in [9.17, 15) is 19.7 Å². The van der Waals surface area contributed by atoms with Gasteiger partial charge in [-0.05, 0) is 35.9 Å². The number of anilines is 1. The predicted octanol–water partition coefficient (Wildman–Crippen LogP) is 2.70. The Hall–Kier alpha value is -3.86. The van der Waals surface area contributed by atoms with Gasteiger partial charge in [0.1, 0.15) is 11.0 Å². The summed E-state index contributed by atoms with van der Waals surface area (Å²) in [7, 11) is 1.58. The molecule has 31 heavy (non-hydrogen) atoms. The molecule has 10 nitrogen and oxygen atoms in total. The van der Waals surface area contributed by atoms with E-state index in [1.807, 2.05) is 12.1 Å². The zero-order chi connectivity index (χ0) is 22.4. The quantitative estimate of drug-likeness (QED) is 0.423. The summed E-state index contributed by atoms with van der Waals surface area (Å²) in [6.45, 7) is 3.90. The number of carbonyl (C=O) groups excluding carboxylic acids is 2. The van der Waals surface area contributed by atoms with Crippen molar-refractivity contribution in [3.05, 3.63) is 70.8 Å². The number of amidine groups is 1.